The van der Waals surface area contributed by atoms with Crippen LogP contribution >= 0.6 is 0 Å². The van der Waals surface area contributed by atoms with Crippen molar-refractivity contribution < 1.29 is 0 Å². The van der Waals surface area contributed by atoms with E-state index in [4.69, 9.17) is 0 Å². The zero-order valence-corrected chi connectivity index (χ0v) is 13.7. The molecule has 2 saturated heterocycles. The van der Waals surface area contributed by atoms with Gasteiger partial charge in [-0.05, 0) is 37.7 Å². The van der Waals surface area contributed by atoms with Crippen molar-refractivity contribution in [2.45, 2.75) is 31.3 Å². The fraction of sp³-hybridized carbons (Fsp3) is 0.556. The van der Waals surface area contributed by atoms with Crippen molar-refractivity contribution in [1.82, 2.24) is 9.80 Å². The molecule has 3 aliphatic heterocycles. The molecule has 0 bridgehead atoms. The normalized spacial score (nSPS) is 34.4. The third-order valence-corrected chi connectivity index (χ3v) is 5.47. The smallest absolute Gasteiger partial charge is 0.117 e. The van der Waals surface area contributed by atoms with Crippen molar-refractivity contribution in [2.75, 3.05) is 39.0 Å². The Labute approximate surface area is 128 Å². The number of hydrogen-bond acceptors (Lipinski definition) is 3. The minimum atomic E-state index is 0.000764. The van der Waals surface area contributed by atoms with Gasteiger partial charge in [0.25, 0.3) is 0 Å². The quantitative estimate of drug-likeness (QED) is 0.740. The number of para-hydroxylation sites is 1. The van der Waals surface area contributed by atoms with E-state index in [1.807, 2.05) is 13.8 Å². The van der Waals surface area contributed by atoms with Crippen molar-refractivity contribution in [3.8, 4) is 0 Å². The summed E-state index contributed by atoms with van der Waals surface area (Å²) in [5.74, 6) is 0. The third kappa shape index (κ3) is 1.62. The zero-order valence-electron chi connectivity index (χ0n) is 13.7. The second-order valence-corrected chi connectivity index (χ2v) is 6.38. The van der Waals surface area contributed by atoms with Crippen LogP contribution in [0, 0.1) is 0 Å². The van der Waals surface area contributed by atoms with Gasteiger partial charge in [0.2, 0.25) is 0 Å². The molecule has 3 heteroatoms. The Morgan fingerprint density at radius 2 is 1.90 bits per heavy atom. The lowest BCUT2D eigenvalue weighted by Gasteiger charge is -2.51. The van der Waals surface area contributed by atoms with Gasteiger partial charge in [-0.3, -0.25) is 9.80 Å². The molecule has 3 nitrogen and oxygen atoms in total. The van der Waals surface area contributed by atoms with Crippen LogP contribution in [0.2, 0.25) is 0 Å². The van der Waals surface area contributed by atoms with Gasteiger partial charge in [-0.15, -0.1) is 0 Å². The van der Waals surface area contributed by atoms with Crippen LogP contribution in [0.5, 0.6) is 0 Å². The molecule has 21 heavy (non-hydrogen) atoms. The van der Waals surface area contributed by atoms with Gasteiger partial charge in [-0.1, -0.05) is 38.6 Å². The number of fused-ring (bicyclic) bond motifs is 1. The molecule has 0 aromatic heterocycles. The van der Waals surface area contributed by atoms with Gasteiger partial charge >= 0.3 is 0 Å². The predicted molar refractivity (Wildman–Crippen MR) is 89.7 cm³/mol. The molecule has 3 heterocycles. The van der Waals surface area contributed by atoms with Crippen molar-refractivity contribution in [2.24, 2.45) is 0 Å². The van der Waals surface area contributed by atoms with E-state index in [9.17, 15) is 0 Å². The van der Waals surface area contributed by atoms with E-state index in [1.165, 1.54) is 23.2 Å². The van der Waals surface area contributed by atoms with Gasteiger partial charge in [-0.25, -0.2) is 0 Å². The largest absolute Gasteiger partial charge is 0.365 e. The summed E-state index contributed by atoms with van der Waals surface area (Å²) in [5.41, 5.74) is 4.22. The summed E-state index contributed by atoms with van der Waals surface area (Å²) in [4.78, 5) is 4.88. The summed E-state index contributed by atoms with van der Waals surface area (Å²) in [5, 5.41) is 3.84. The number of benzene rings is 1. The maximum absolute atomic E-state index is 4.46. The number of likely N-dealkylation sites (tertiary alicyclic amines) is 2. The molecule has 114 valence electrons. The molecule has 4 rings (SSSR count). The molecule has 0 aliphatic carbocycles. The first-order chi connectivity index (χ1) is 10.1. The highest BCUT2D eigenvalue weighted by Crippen LogP contribution is 2.59. The molecular formula is C18H27N3. The zero-order chi connectivity index (χ0) is 15.3. The highest BCUT2D eigenvalue weighted by molar-refractivity contribution is 5.69. The molecule has 1 aromatic carbocycles. The van der Waals surface area contributed by atoms with Gasteiger partial charge in [0.15, 0.2) is 0 Å². The summed E-state index contributed by atoms with van der Waals surface area (Å²) in [6.07, 6.45) is 1.18. The van der Waals surface area contributed by atoms with Gasteiger partial charge in [0, 0.05) is 25.3 Å². The maximum Gasteiger partial charge on any atom is 0.117 e. The molecule has 3 aliphatic rings. The fourth-order valence-electron chi connectivity index (χ4n) is 4.67. The number of hydrogen-bond donors (Lipinski definition) is 1. The standard InChI is InChI=1S/C16H21N3.C2H6/c1-12-10-18(2)11-16-15(12,8-9-19(16)3)13-6-4-5-7-14(13)17-16;1-2/h4-7,17H,1,8-11H2,2-3H3;1-2H3/t15-,16+;/m0./s1. The minimum Gasteiger partial charge on any atom is -0.365 e. The first kappa shape index (κ1) is 14.6. The molecule has 1 aromatic rings. The number of nitrogens with one attached hydrogen (secondary N) is 1. The molecule has 0 saturated carbocycles. The van der Waals surface area contributed by atoms with Crippen LogP contribution in [0.4, 0.5) is 5.69 Å². The Morgan fingerprint density at radius 3 is 2.67 bits per heavy atom. The lowest BCUT2D eigenvalue weighted by atomic mass is 9.65. The van der Waals surface area contributed by atoms with E-state index in [0.717, 1.165) is 19.6 Å². The molecule has 0 amide bonds. The van der Waals surface area contributed by atoms with Crippen LogP contribution < -0.4 is 5.32 Å². The molecule has 0 spiro atoms. The van der Waals surface area contributed by atoms with Crippen molar-refractivity contribution in [3.05, 3.63) is 42.0 Å². The molecule has 1 N–H and O–H groups in total. The van der Waals surface area contributed by atoms with Gasteiger partial charge < -0.3 is 5.32 Å². The monoisotopic (exact) mass is 285 g/mol. The Bertz CT molecular complexity index is 567. The summed E-state index contributed by atoms with van der Waals surface area (Å²) < 4.78 is 0. The van der Waals surface area contributed by atoms with Crippen LogP contribution in [-0.4, -0.2) is 49.2 Å². The lowest BCUT2D eigenvalue weighted by molar-refractivity contribution is 0.0851. The van der Waals surface area contributed by atoms with Crippen LogP contribution in [0.3, 0.4) is 0 Å². The van der Waals surface area contributed by atoms with Crippen LogP contribution in [0.25, 0.3) is 0 Å². The van der Waals surface area contributed by atoms with E-state index in [1.54, 1.807) is 0 Å². The summed E-state index contributed by atoms with van der Waals surface area (Å²) >= 11 is 0. The second-order valence-electron chi connectivity index (χ2n) is 6.38. The lowest BCUT2D eigenvalue weighted by Crippen LogP contribution is -2.66. The molecule has 0 unspecified atom stereocenters. The van der Waals surface area contributed by atoms with Crippen molar-refractivity contribution >= 4 is 5.69 Å². The first-order valence-corrected chi connectivity index (χ1v) is 8.06. The van der Waals surface area contributed by atoms with E-state index in [0.29, 0.717) is 0 Å². The number of piperidine rings is 1. The highest BCUT2D eigenvalue weighted by Gasteiger charge is 2.66. The molecule has 2 atom stereocenters. The Kier molecular flexibility index (Phi) is 3.38. The summed E-state index contributed by atoms with van der Waals surface area (Å²) in [6, 6.07) is 8.79. The fourth-order valence-corrected chi connectivity index (χ4v) is 4.67. The van der Waals surface area contributed by atoms with Crippen molar-refractivity contribution in [3.63, 3.8) is 0 Å². The van der Waals surface area contributed by atoms with E-state index >= 15 is 0 Å². The molecule has 2 fully saturated rings. The van der Waals surface area contributed by atoms with E-state index < -0.39 is 0 Å². The highest BCUT2D eigenvalue weighted by atomic mass is 15.4. The number of anilines is 1. The Balaban J connectivity index is 0.000000636. The van der Waals surface area contributed by atoms with Crippen LogP contribution in [0.1, 0.15) is 25.8 Å². The van der Waals surface area contributed by atoms with Crippen LogP contribution in [0.15, 0.2) is 36.4 Å². The van der Waals surface area contributed by atoms with E-state index in [2.05, 4.69) is 60.1 Å². The molecular weight excluding hydrogens is 258 g/mol. The average Bonchev–Trinajstić information content (AvgIpc) is 2.93. The Hall–Kier alpha value is -1.32. The predicted octanol–water partition coefficient (Wildman–Crippen LogP) is 2.91. The second kappa shape index (κ2) is 4.85. The number of nitrogens with zero attached hydrogens (tertiary/aromatic N) is 2. The number of rotatable bonds is 0. The SMILES string of the molecule is C=C1CN(C)C[C@]23Nc4ccccc4[C@]12CCN3C.CC. The Morgan fingerprint density at radius 1 is 1.19 bits per heavy atom. The average molecular weight is 285 g/mol. The minimum absolute atomic E-state index is 0.000764. The third-order valence-electron chi connectivity index (χ3n) is 5.47. The number of likely N-dealkylation sites (N-methyl/N-ethyl adjacent to an activating group) is 2. The van der Waals surface area contributed by atoms with Gasteiger partial charge in [0.1, 0.15) is 5.66 Å². The summed E-state index contributed by atoms with van der Waals surface area (Å²) in [6.45, 7) is 11.7. The van der Waals surface area contributed by atoms with Crippen molar-refractivity contribution in [1.29, 1.82) is 0 Å². The molecule has 0 radical (unpaired) electrons. The topological polar surface area (TPSA) is 18.5 Å². The maximum atomic E-state index is 4.46. The summed E-state index contributed by atoms with van der Waals surface area (Å²) in [7, 11) is 4.44. The van der Waals surface area contributed by atoms with Gasteiger partial charge in [0.05, 0.1) is 5.41 Å². The van der Waals surface area contributed by atoms with Gasteiger partial charge in [-0.2, -0.15) is 0 Å². The van der Waals surface area contributed by atoms with E-state index in [-0.39, 0.29) is 11.1 Å². The first-order valence-electron chi connectivity index (χ1n) is 8.06. The van der Waals surface area contributed by atoms with Crippen LogP contribution in [-0.2, 0) is 5.41 Å².